The third kappa shape index (κ3) is 3.05. The van der Waals surface area contributed by atoms with E-state index in [0.717, 1.165) is 5.82 Å². The quantitative estimate of drug-likeness (QED) is 0.699. The van der Waals surface area contributed by atoms with E-state index in [2.05, 4.69) is 20.8 Å². The lowest BCUT2D eigenvalue weighted by molar-refractivity contribution is 0.0956. The van der Waals surface area contributed by atoms with Crippen LogP contribution < -0.4 is 16.4 Å². The molecule has 0 unspecified atom stereocenters. The van der Waals surface area contributed by atoms with Gasteiger partial charge in [0.05, 0.1) is 12.1 Å². The van der Waals surface area contributed by atoms with Crippen LogP contribution in [0.5, 0.6) is 0 Å². The van der Waals surface area contributed by atoms with Crippen molar-refractivity contribution in [2.75, 3.05) is 17.6 Å². The number of hydrogen-bond acceptors (Lipinski definition) is 5. The molecule has 0 aliphatic carbocycles. The van der Waals surface area contributed by atoms with Crippen molar-refractivity contribution in [1.82, 2.24) is 20.1 Å². The minimum Gasteiger partial charge on any atom is -0.399 e. The van der Waals surface area contributed by atoms with Gasteiger partial charge in [-0.15, -0.1) is 10.2 Å². The molecule has 0 atom stereocenters. The van der Waals surface area contributed by atoms with Crippen LogP contribution in [-0.4, -0.2) is 27.2 Å². The maximum absolute atomic E-state index is 12.0. The van der Waals surface area contributed by atoms with Crippen molar-refractivity contribution in [2.24, 2.45) is 7.05 Å². The molecule has 1 heterocycles. The van der Waals surface area contributed by atoms with Gasteiger partial charge < -0.3 is 20.9 Å². The largest absolute Gasteiger partial charge is 0.399 e. The van der Waals surface area contributed by atoms with Gasteiger partial charge in [0.1, 0.15) is 6.33 Å². The molecule has 20 heavy (non-hydrogen) atoms. The van der Waals surface area contributed by atoms with Gasteiger partial charge >= 0.3 is 0 Å². The Bertz CT molecular complexity index is 607. The molecule has 7 heteroatoms. The molecule has 2 aromatic rings. The summed E-state index contributed by atoms with van der Waals surface area (Å²) in [6.07, 6.45) is 1.63. The second-order valence-electron chi connectivity index (χ2n) is 4.38. The first kappa shape index (κ1) is 13.9. The molecule has 0 spiro atoms. The Morgan fingerprint density at radius 1 is 1.45 bits per heavy atom. The summed E-state index contributed by atoms with van der Waals surface area (Å²) in [4.78, 5) is 12.0. The van der Waals surface area contributed by atoms with Crippen LogP contribution in [-0.2, 0) is 13.6 Å². The smallest absolute Gasteiger partial charge is 0.253 e. The number of aromatic nitrogens is 3. The highest BCUT2D eigenvalue weighted by atomic mass is 16.1. The molecule has 0 bridgehead atoms. The summed E-state index contributed by atoms with van der Waals surface area (Å²) < 4.78 is 1.81. The molecule has 106 valence electrons. The second kappa shape index (κ2) is 6.05. The van der Waals surface area contributed by atoms with Crippen molar-refractivity contribution in [2.45, 2.75) is 13.5 Å². The maximum atomic E-state index is 12.0. The van der Waals surface area contributed by atoms with Gasteiger partial charge in [0.15, 0.2) is 5.82 Å². The molecule has 7 nitrogen and oxygen atoms in total. The third-order valence-electron chi connectivity index (χ3n) is 2.87. The normalized spacial score (nSPS) is 10.3. The first-order chi connectivity index (χ1) is 9.61. The van der Waals surface area contributed by atoms with Gasteiger partial charge in [-0.3, -0.25) is 4.79 Å². The average Bonchev–Trinajstić information content (AvgIpc) is 2.82. The second-order valence-corrected chi connectivity index (χ2v) is 4.38. The van der Waals surface area contributed by atoms with E-state index in [0.29, 0.717) is 30.0 Å². The Hall–Kier alpha value is -2.57. The molecule has 0 fully saturated rings. The van der Waals surface area contributed by atoms with Gasteiger partial charge in [-0.25, -0.2) is 0 Å². The fourth-order valence-electron chi connectivity index (χ4n) is 1.80. The Balaban J connectivity index is 2.19. The van der Waals surface area contributed by atoms with Crippen molar-refractivity contribution in [1.29, 1.82) is 0 Å². The fourth-order valence-corrected chi connectivity index (χ4v) is 1.80. The number of nitrogens with one attached hydrogen (secondary N) is 2. The summed E-state index contributed by atoms with van der Waals surface area (Å²) >= 11 is 0. The van der Waals surface area contributed by atoms with Crippen LogP contribution >= 0.6 is 0 Å². The zero-order chi connectivity index (χ0) is 14.5. The summed E-state index contributed by atoms with van der Waals surface area (Å²) in [5.74, 6) is 0.641. The Kier molecular flexibility index (Phi) is 4.19. The highest BCUT2D eigenvalue weighted by molar-refractivity contribution is 6.00. The summed E-state index contributed by atoms with van der Waals surface area (Å²) in [6.45, 7) is 2.92. The van der Waals surface area contributed by atoms with Crippen molar-refractivity contribution in [3.8, 4) is 0 Å². The predicted molar refractivity (Wildman–Crippen MR) is 77.2 cm³/mol. The van der Waals surface area contributed by atoms with Crippen molar-refractivity contribution < 1.29 is 4.79 Å². The summed E-state index contributed by atoms with van der Waals surface area (Å²) in [5, 5.41) is 13.7. The first-order valence-electron chi connectivity index (χ1n) is 6.36. The van der Waals surface area contributed by atoms with E-state index < -0.39 is 0 Å². The van der Waals surface area contributed by atoms with Crippen molar-refractivity contribution >= 4 is 17.3 Å². The lowest BCUT2D eigenvalue weighted by Crippen LogP contribution is -2.24. The average molecular weight is 274 g/mol. The van der Waals surface area contributed by atoms with E-state index in [4.69, 9.17) is 5.73 Å². The van der Waals surface area contributed by atoms with Gasteiger partial charge in [0.2, 0.25) is 0 Å². The number of carbonyl (C=O) groups excluding carboxylic acids is 1. The lowest BCUT2D eigenvalue weighted by atomic mass is 10.1. The Morgan fingerprint density at radius 3 is 2.90 bits per heavy atom. The summed E-state index contributed by atoms with van der Waals surface area (Å²) in [6, 6.07) is 5.15. The van der Waals surface area contributed by atoms with Crippen LogP contribution in [0.25, 0.3) is 0 Å². The molecule has 4 N–H and O–H groups in total. The van der Waals surface area contributed by atoms with E-state index in [-0.39, 0.29) is 5.91 Å². The van der Waals surface area contributed by atoms with E-state index in [1.807, 2.05) is 18.5 Å². The maximum Gasteiger partial charge on any atom is 0.253 e. The number of aryl methyl sites for hydroxylation is 1. The molecule has 0 radical (unpaired) electrons. The van der Waals surface area contributed by atoms with Crippen LogP contribution in [0.1, 0.15) is 23.1 Å². The molecule has 0 saturated carbocycles. The SMILES string of the molecule is CCNC(=O)c1ccc(N)cc1NCc1nncn1C. The molecule has 0 saturated heterocycles. The minimum atomic E-state index is -0.132. The summed E-state index contributed by atoms with van der Waals surface area (Å²) in [7, 11) is 1.86. The van der Waals surface area contributed by atoms with E-state index in [9.17, 15) is 4.79 Å². The van der Waals surface area contributed by atoms with Crippen LogP contribution in [0.15, 0.2) is 24.5 Å². The number of amides is 1. The zero-order valence-electron chi connectivity index (χ0n) is 11.6. The number of nitrogens with two attached hydrogens (primary N) is 1. The number of nitrogens with zero attached hydrogens (tertiary/aromatic N) is 3. The lowest BCUT2D eigenvalue weighted by Gasteiger charge is -2.12. The highest BCUT2D eigenvalue weighted by Gasteiger charge is 2.11. The van der Waals surface area contributed by atoms with E-state index in [1.54, 1.807) is 24.5 Å². The summed E-state index contributed by atoms with van der Waals surface area (Å²) in [5.41, 5.74) is 7.61. The monoisotopic (exact) mass is 274 g/mol. The van der Waals surface area contributed by atoms with Crippen LogP contribution in [0.4, 0.5) is 11.4 Å². The minimum absolute atomic E-state index is 0.132. The van der Waals surface area contributed by atoms with Crippen molar-refractivity contribution in [3.63, 3.8) is 0 Å². The molecule has 0 aliphatic heterocycles. The number of hydrogen-bond donors (Lipinski definition) is 3. The molecule has 2 rings (SSSR count). The van der Waals surface area contributed by atoms with Gasteiger partial charge in [-0.2, -0.15) is 0 Å². The molecular weight excluding hydrogens is 256 g/mol. The zero-order valence-corrected chi connectivity index (χ0v) is 11.6. The number of rotatable bonds is 5. The number of nitrogen functional groups attached to an aromatic ring is 1. The van der Waals surface area contributed by atoms with Gasteiger partial charge in [0.25, 0.3) is 5.91 Å². The van der Waals surface area contributed by atoms with Crippen LogP contribution in [0, 0.1) is 0 Å². The third-order valence-corrected chi connectivity index (χ3v) is 2.87. The van der Waals surface area contributed by atoms with Gasteiger partial charge in [-0.05, 0) is 25.1 Å². The molecule has 0 aliphatic rings. The number of carbonyl (C=O) groups is 1. The van der Waals surface area contributed by atoms with Crippen LogP contribution in [0.2, 0.25) is 0 Å². The van der Waals surface area contributed by atoms with Crippen LogP contribution in [0.3, 0.4) is 0 Å². The fraction of sp³-hybridized carbons (Fsp3) is 0.308. The molecular formula is C13H18N6O. The van der Waals surface area contributed by atoms with Gasteiger partial charge in [0, 0.05) is 25.0 Å². The number of benzene rings is 1. The van der Waals surface area contributed by atoms with Gasteiger partial charge in [-0.1, -0.05) is 0 Å². The first-order valence-corrected chi connectivity index (χ1v) is 6.36. The topological polar surface area (TPSA) is 97.9 Å². The Morgan fingerprint density at radius 2 is 2.25 bits per heavy atom. The Labute approximate surface area is 117 Å². The molecule has 1 aromatic heterocycles. The van der Waals surface area contributed by atoms with E-state index >= 15 is 0 Å². The molecule has 1 amide bonds. The molecule has 1 aromatic carbocycles. The number of anilines is 2. The van der Waals surface area contributed by atoms with E-state index in [1.165, 1.54) is 0 Å². The highest BCUT2D eigenvalue weighted by Crippen LogP contribution is 2.19. The predicted octanol–water partition coefficient (Wildman–Crippen LogP) is 0.759. The van der Waals surface area contributed by atoms with Crippen molar-refractivity contribution in [3.05, 3.63) is 35.9 Å². The standard InChI is InChI=1S/C13H18N6O/c1-3-15-13(20)10-5-4-9(14)6-11(10)16-7-12-18-17-8-19(12)2/h4-6,8,16H,3,7,14H2,1-2H3,(H,15,20).